The number of halogens is 2. The summed E-state index contributed by atoms with van der Waals surface area (Å²) < 4.78 is 0. The molecule has 0 amide bonds. The summed E-state index contributed by atoms with van der Waals surface area (Å²) >= 11 is 9.61. The fraction of sp³-hybridized carbons (Fsp3) is 0.636. The van der Waals surface area contributed by atoms with Gasteiger partial charge in [0.05, 0.1) is 6.20 Å². The summed E-state index contributed by atoms with van der Waals surface area (Å²) in [6, 6.07) is 0. The Hall–Kier alpha value is -0.390. The molecule has 2 heterocycles. The number of alkyl halides is 1. The molecular formula is C11H16BrClN4. The molecule has 0 radical (unpaired) electrons. The van der Waals surface area contributed by atoms with E-state index < -0.39 is 0 Å². The Kier molecular flexibility index (Phi) is 5.00. The zero-order valence-corrected chi connectivity index (χ0v) is 12.0. The Morgan fingerprint density at radius 2 is 2.18 bits per heavy atom. The molecule has 1 fully saturated rings. The van der Waals surface area contributed by atoms with Gasteiger partial charge < -0.3 is 9.80 Å². The second-order valence-corrected chi connectivity index (χ2v) is 5.27. The lowest BCUT2D eigenvalue weighted by Crippen LogP contribution is -2.32. The minimum atomic E-state index is 0.640. The van der Waals surface area contributed by atoms with Gasteiger partial charge in [-0.3, -0.25) is 0 Å². The maximum absolute atomic E-state index is 6.12. The van der Waals surface area contributed by atoms with Crippen LogP contribution in [0.4, 0.5) is 5.82 Å². The van der Waals surface area contributed by atoms with E-state index in [0.29, 0.717) is 5.02 Å². The number of rotatable bonds is 3. The molecule has 1 aromatic rings. The first kappa shape index (κ1) is 13.1. The highest BCUT2D eigenvalue weighted by molar-refractivity contribution is 9.09. The van der Waals surface area contributed by atoms with Gasteiger partial charge in [-0.2, -0.15) is 0 Å². The SMILES string of the molecule is Clc1cncnc1N1CCCN(CCBr)CC1. The lowest BCUT2D eigenvalue weighted by atomic mass is 10.4. The molecule has 0 N–H and O–H groups in total. The van der Waals surface area contributed by atoms with Crippen molar-refractivity contribution >= 4 is 33.3 Å². The maximum atomic E-state index is 6.12. The van der Waals surface area contributed by atoms with E-state index >= 15 is 0 Å². The number of hydrogen-bond donors (Lipinski definition) is 0. The summed E-state index contributed by atoms with van der Waals surface area (Å²) in [5.41, 5.74) is 0. The van der Waals surface area contributed by atoms with E-state index in [1.165, 1.54) is 0 Å². The molecule has 17 heavy (non-hydrogen) atoms. The van der Waals surface area contributed by atoms with Crippen molar-refractivity contribution in [2.24, 2.45) is 0 Å². The zero-order valence-electron chi connectivity index (χ0n) is 9.65. The second-order valence-electron chi connectivity index (χ2n) is 4.07. The molecule has 4 nitrogen and oxygen atoms in total. The number of nitrogens with zero attached hydrogens (tertiary/aromatic N) is 4. The van der Waals surface area contributed by atoms with Crippen LogP contribution < -0.4 is 4.90 Å². The third-order valence-corrected chi connectivity index (χ3v) is 3.56. The summed E-state index contributed by atoms with van der Waals surface area (Å²) in [6.45, 7) is 5.29. The van der Waals surface area contributed by atoms with Gasteiger partial charge in [0, 0.05) is 31.5 Å². The number of anilines is 1. The van der Waals surface area contributed by atoms with Crippen LogP contribution in [0.1, 0.15) is 6.42 Å². The predicted molar refractivity (Wildman–Crippen MR) is 74.1 cm³/mol. The van der Waals surface area contributed by atoms with E-state index in [0.717, 1.165) is 50.3 Å². The highest BCUT2D eigenvalue weighted by Gasteiger charge is 2.17. The third kappa shape index (κ3) is 3.53. The van der Waals surface area contributed by atoms with Crippen molar-refractivity contribution in [3.05, 3.63) is 17.5 Å². The first-order valence-corrected chi connectivity index (χ1v) is 7.30. The number of hydrogen-bond acceptors (Lipinski definition) is 4. The molecule has 1 aliphatic heterocycles. The lowest BCUT2D eigenvalue weighted by Gasteiger charge is -2.22. The first-order valence-electron chi connectivity index (χ1n) is 5.80. The molecule has 0 aliphatic carbocycles. The van der Waals surface area contributed by atoms with Gasteiger partial charge >= 0.3 is 0 Å². The van der Waals surface area contributed by atoms with Crippen LogP contribution in [0.15, 0.2) is 12.5 Å². The number of aromatic nitrogens is 2. The van der Waals surface area contributed by atoms with E-state index in [-0.39, 0.29) is 0 Å². The van der Waals surface area contributed by atoms with E-state index in [2.05, 4.69) is 35.7 Å². The molecular weight excluding hydrogens is 304 g/mol. The van der Waals surface area contributed by atoms with Gasteiger partial charge in [0.15, 0.2) is 5.82 Å². The Balaban J connectivity index is 2.01. The van der Waals surface area contributed by atoms with Crippen molar-refractivity contribution in [2.75, 3.05) is 43.0 Å². The normalized spacial score (nSPS) is 18.1. The highest BCUT2D eigenvalue weighted by Crippen LogP contribution is 2.22. The fourth-order valence-corrected chi connectivity index (χ4v) is 2.79. The average molecular weight is 320 g/mol. The van der Waals surface area contributed by atoms with Gasteiger partial charge in [-0.15, -0.1) is 0 Å². The van der Waals surface area contributed by atoms with Crippen molar-refractivity contribution in [1.29, 1.82) is 0 Å². The van der Waals surface area contributed by atoms with Gasteiger partial charge in [-0.1, -0.05) is 27.5 Å². The summed E-state index contributed by atoms with van der Waals surface area (Å²) in [7, 11) is 0. The molecule has 94 valence electrons. The molecule has 6 heteroatoms. The lowest BCUT2D eigenvalue weighted by molar-refractivity contribution is 0.313. The Bertz CT molecular complexity index is 363. The summed E-state index contributed by atoms with van der Waals surface area (Å²) in [5, 5.41) is 1.67. The van der Waals surface area contributed by atoms with Crippen LogP contribution in [-0.2, 0) is 0 Å². The van der Waals surface area contributed by atoms with Crippen LogP contribution in [0, 0.1) is 0 Å². The van der Waals surface area contributed by atoms with Gasteiger partial charge in [-0.25, -0.2) is 9.97 Å². The highest BCUT2D eigenvalue weighted by atomic mass is 79.9. The molecule has 0 bridgehead atoms. The van der Waals surface area contributed by atoms with E-state index in [1.807, 2.05) is 0 Å². The zero-order chi connectivity index (χ0) is 12.1. The van der Waals surface area contributed by atoms with Gasteiger partial charge in [0.25, 0.3) is 0 Å². The summed E-state index contributed by atoms with van der Waals surface area (Å²) in [4.78, 5) is 12.9. The van der Waals surface area contributed by atoms with Gasteiger partial charge in [0.1, 0.15) is 11.3 Å². The van der Waals surface area contributed by atoms with Crippen molar-refractivity contribution in [1.82, 2.24) is 14.9 Å². The van der Waals surface area contributed by atoms with Crippen LogP contribution in [0.3, 0.4) is 0 Å². The monoisotopic (exact) mass is 318 g/mol. The maximum Gasteiger partial charge on any atom is 0.150 e. The quantitative estimate of drug-likeness (QED) is 0.798. The molecule has 0 unspecified atom stereocenters. The molecule has 0 saturated carbocycles. The minimum Gasteiger partial charge on any atom is -0.354 e. The first-order chi connectivity index (χ1) is 8.31. The Morgan fingerprint density at radius 3 is 2.94 bits per heavy atom. The van der Waals surface area contributed by atoms with Gasteiger partial charge in [0.2, 0.25) is 0 Å². The molecule has 0 aromatic carbocycles. The van der Waals surface area contributed by atoms with E-state index in [1.54, 1.807) is 12.5 Å². The predicted octanol–water partition coefficient (Wildman–Crippen LogP) is 2.04. The van der Waals surface area contributed by atoms with Crippen molar-refractivity contribution in [2.45, 2.75) is 6.42 Å². The van der Waals surface area contributed by atoms with Crippen LogP contribution in [-0.4, -0.2) is 52.9 Å². The minimum absolute atomic E-state index is 0.640. The molecule has 2 rings (SSSR count). The van der Waals surface area contributed by atoms with Crippen molar-refractivity contribution in [3.63, 3.8) is 0 Å². The van der Waals surface area contributed by atoms with Crippen LogP contribution >= 0.6 is 27.5 Å². The van der Waals surface area contributed by atoms with Crippen LogP contribution in [0.5, 0.6) is 0 Å². The topological polar surface area (TPSA) is 32.3 Å². The average Bonchev–Trinajstić information content (AvgIpc) is 2.56. The van der Waals surface area contributed by atoms with E-state index in [9.17, 15) is 0 Å². The summed E-state index contributed by atoms with van der Waals surface area (Å²) in [6.07, 6.45) is 4.36. The summed E-state index contributed by atoms with van der Waals surface area (Å²) in [5.74, 6) is 0.863. The van der Waals surface area contributed by atoms with Crippen molar-refractivity contribution < 1.29 is 0 Å². The standard InChI is InChI=1S/C11H16BrClN4/c12-2-5-16-3-1-4-17(7-6-16)11-10(13)8-14-9-15-11/h8-9H,1-7H2. The van der Waals surface area contributed by atoms with Crippen molar-refractivity contribution in [3.8, 4) is 0 Å². The Labute approximate surface area is 115 Å². The van der Waals surface area contributed by atoms with Crippen LogP contribution in [0.25, 0.3) is 0 Å². The largest absolute Gasteiger partial charge is 0.354 e. The van der Waals surface area contributed by atoms with Gasteiger partial charge in [-0.05, 0) is 13.0 Å². The Morgan fingerprint density at radius 1 is 1.29 bits per heavy atom. The molecule has 1 aromatic heterocycles. The smallest absolute Gasteiger partial charge is 0.150 e. The molecule has 1 aliphatic rings. The third-order valence-electron chi connectivity index (χ3n) is 2.94. The van der Waals surface area contributed by atoms with Crippen LogP contribution in [0.2, 0.25) is 5.02 Å². The fourth-order valence-electron chi connectivity index (χ4n) is 2.06. The van der Waals surface area contributed by atoms with E-state index in [4.69, 9.17) is 11.6 Å². The second kappa shape index (κ2) is 6.52. The molecule has 0 spiro atoms. The molecule has 0 atom stereocenters. The molecule has 1 saturated heterocycles.